The standard InChI is InChI=1S/C10H15N3O/c1-2-12-6-4-9(7-12)13-10(8-14)3-5-11-13/h3,5,8-9H,2,4,6-7H2,1H3. The maximum atomic E-state index is 10.7. The van der Waals surface area contributed by atoms with Crippen LogP contribution in [0.2, 0.25) is 0 Å². The van der Waals surface area contributed by atoms with Gasteiger partial charge in [-0.25, -0.2) is 0 Å². The Morgan fingerprint density at radius 2 is 2.57 bits per heavy atom. The predicted octanol–water partition coefficient (Wildman–Crippen LogP) is 0.962. The van der Waals surface area contributed by atoms with E-state index in [9.17, 15) is 4.79 Å². The van der Waals surface area contributed by atoms with Crippen LogP contribution in [0.15, 0.2) is 12.3 Å². The average molecular weight is 193 g/mol. The number of nitrogens with zero attached hydrogens (tertiary/aromatic N) is 3. The fourth-order valence-electron chi connectivity index (χ4n) is 2.02. The molecule has 1 fully saturated rings. The Hall–Kier alpha value is -1.16. The summed E-state index contributed by atoms with van der Waals surface area (Å²) in [6.07, 6.45) is 3.66. The Labute approximate surface area is 83.5 Å². The molecule has 4 nitrogen and oxygen atoms in total. The molecule has 0 aromatic carbocycles. The summed E-state index contributed by atoms with van der Waals surface area (Å²) in [7, 11) is 0. The topological polar surface area (TPSA) is 38.1 Å². The summed E-state index contributed by atoms with van der Waals surface area (Å²) in [6, 6.07) is 2.15. The van der Waals surface area contributed by atoms with Crippen molar-refractivity contribution in [2.45, 2.75) is 19.4 Å². The summed E-state index contributed by atoms with van der Waals surface area (Å²) in [5, 5.41) is 4.20. The fraction of sp³-hybridized carbons (Fsp3) is 0.600. The molecule has 1 aliphatic heterocycles. The maximum absolute atomic E-state index is 10.7. The monoisotopic (exact) mass is 193 g/mol. The Morgan fingerprint density at radius 3 is 3.21 bits per heavy atom. The minimum atomic E-state index is 0.380. The molecular weight excluding hydrogens is 178 g/mol. The van der Waals surface area contributed by atoms with Crippen molar-refractivity contribution in [3.63, 3.8) is 0 Å². The van der Waals surface area contributed by atoms with Gasteiger partial charge in [0.05, 0.1) is 6.04 Å². The molecule has 14 heavy (non-hydrogen) atoms. The molecule has 2 heterocycles. The lowest BCUT2D eigenvalue weighted by molar-refractivity contribution is 0.111. The highest BCUT2D eigenvalue weighted by atomic mass is 16.1. The number of rotatable bonds is 3. The van der Waals surface area contributed by atoms with Gasteiger partial charge in [-0.2, -0.15) is 5.10 Å². The van der Waals surface area contributed by atoms with E-state index in [0.717, 1.165) is 32.3 Å². The first-order valence-corrected chi connectivity index (χ1v) is 5.06. The molecule has 1 aromatic rings. The molecule has 1 saturated heterocycles. The second-order valence-electron chi connectivity index (χ2n) is 3.65. The normalized spacial score (nSPS) is 22.8. The fourth-order valence-corrected chi connectivity index (χ4v) is 2.02. The molecule has 76 valence electrons. The average Bonchev–Trinajstić information content (AvgIpc) is 2.85. The lowest BCUT2D eigenvalue weighted by Gasteiger charge is -2.14. The molecule has 1 aliphatic rings. The number of aldehydes is 1. The Bertz CT molecular complexity index is 321. The number of hydrogen-bond acceptors (Lipinski definition) is 3. The van der Waals surface area contributed by atoms with E-state index in [1.807, 2.05) is 4.68 Å². The molecule has 2 rings (SSSR count). The van der Waals surface area contributed by atoms with Gasteiger partial charge in [0.2, 0.25) is 0 Å². The van der Waals surface area contributed by atoms with Crippen molar-refractivity contribution in [2.24, 2.45) is 0 Å². The summed E-state index contributed by atoms with van der Waals surface area (Å²) in [6.45, 7) is 5.36. The highest BCUT2D eigenvalue weighted by Crippen LogP contribution is 2.21. The van der Waals surface area contributed by atoms with Crippen LogP contribution >= 0.6 is 0 Å². The molecule has 0 amide bonds. The summed E-state index contributed by atoms with van der Waals surface area (Å²) in [5.41, 5.74) is 0.688. The quantitative estimate of drug-likeness (QED) is 0.671. The summed E-state index contributed by atoms with van der Waals surface area (Å²) in [5.74, 6) is 0. The smallest absolute Gasteiger partial charge is 0.168 e. The van der Waals surface area contributed by atoms with Gasteiger partial charge in [0, 0.05) is 19.3 Å². The van der Waals surface area contributed by atoms with Crippen LogP contribution in [0, 0.1) is 0 Å². The van der Waals surface area contributed by atoms with Gasteiger partial charge in [0.25, 0.3) is 0 Å². The predicted molar refractivity (Wildman–Crippen MR) is 53.4 cm³/mol. The Balaban J connectivity index is 2.12. The first-order valence-electron chi connectivity index (χ1n) is 5.06. The van der Waals surface area contributed by atoms with E-state index in [2.05, 4.69) is 16.9 Å². The van der Waals surface area contributed by atoms with Crippen molar-refractivity contribution in [1.29, 1.82) is 0 Å². The van der Waals surface area contributed by atoms with Gasteiger partial charge in [0.1, 0.15) is 5.69 Å². The van der Waals surface area contributed by atoms with E-state index in [1.54, 1.807) is 12.3 Å². The maximum Gasteiger partial charge on any atom is 0.168 e. The van der Waals surface area contributed by atoms with E-state index in [0.29, 0.717) is 11.7 Å². The molecule has 0 radical (unpaired) electrons. The number of likely N-dealkylation sites (tertiary alicyclic amines) is 1. The number of carbonyl (C=O) groups is 1. The third-order valence-corrected chi connectivity index (χ3v) is 2.86. The Morgan fingerprint density at radius 1 is 1.71 bits per heavy atom. The van der Waals surface area contributed by atoms with Gasteiger partial charge in [-0.1, -0.05) is 6.92 Å². The molecule has 0 aliphatic carbocycles. The highest BCUT2D eigenvalue weighted by molar-refractivity contribution is 5.71. The van der Waals surface area contributed by atoms with Crippen LogP contribution in [0.1, 0.15) is 29.9 Å². The van der Waals surface area contributed by atoms with E-state index in [1.165, 1.54) is 0 Å². The molecule has 0 spiro atoms. The van der Waals surface area contributed by atoms with Crippen LogP contribution in [0.4, 0.5) is 0 Å². The molecule has 4 heteroatoms. The molecule has 1 aromatic heterocycles. The molecule has 0 bridgehead atoms. The van der Waals surface area contributed by atoms with Crippen molar-refractivity contribution in [3.8, 4) is 0 Å². The van der Waals surface area contributed by atoms with Crippen LogP contribution in [0.5, 0.6) is 0 Å². The second-order valence-corrected chi connectivity index (χ2v) is 3.65. The van der Waals surface area contributed by atoms with E-state index in [-0.39, 0.29) is 0 Å². The highest BCUT2D eigenvalue weighted by Gasteiger charge is 2.24. The van der Waals surface area contributed by atoms with Crippen LogP contribution in [0.25, 0.3) is 0 Å². The van der Waals surface area contributed by atoms with Crippen molar-refractivity contribution >= 4 is 6.29 Å². The first-order chi connectivity index (χ1) is 6.85. The zero-order valence-corrected chi connectivity index (χ0v) is 8.39. The van der Waals surface area contributed by atoms with Crippen molar-refractivity contribution in [3.05, 3.63) is 18.0 Å². The van der Waals surface area contributed by atoms with Crippen molar-refractivity contribution < 1.29 is 4.79 Å². The number of carbonyl (C=O) groups excluding carboxylic acids is 1. The SMILES string of the molecule is CCN1CCC(n2nccc2C=O)C1. The lowest BCUT2D eigenvalue weighted by atomic mass is 10.2. The lowest BCUT2D eigenvalue weighted by Crippen LogP contribution is -2.22. The summed E-state index contributed by atoms with van der Waals surface area (Å²) >= 11 is 0. The third-order valence-electron chi connectivity index (χ3n) is 2.86. The van der Waals surface area contributed by atoms with Crippen LogP contribution in [0.3, 0.4) is 0 Å². The van der Waals surface area contributed by atoms with Gasteiger partial charge in [-0.15, -0.1) is 0 Å². The number of aromatic nitrogens is 2. The van der Waals surface area contributed by atoms with Gasteiger partial charge in [-0.3, -0.25) is 9.48 Å². The van der Waals surface area contributed by atoms with Gasteiger partial charge < -0.3 is 4.90 Å². The zero-order chi connectivity index (χ0) is 9.97. The summed E-state index contributed by atoms with van der Waals surface area (Å²) in [4.78, 5) is 13.1. The van der Waals surface area contributed by atoms with Crippen LogP contribution < -0.4 is 0 Å². The number of hydrogen-bond donors (Lipinski definition) is 0. The van der Waals surface area contributed by atoms with Gasteiger partial charge in [-0.05, 0) is 19.0 Å². The second kappa shape index (κ2) is 3.92. The largest absolute Gasteiger partial charge is 0.301 e. The molecule has 0 saturated carbocycles. The van der Waals surface area contributed by atoms with E-state index >= 15 is 0 Å². The Kier molecular flexibility index (Phi) is 2.63. The van der Waals surface area contributed by atoms with Gasteiger partial charge >= 0.3 is 0 Å². The zero-order valence-electron chi connectivity index (χ0n) is 8.39. The van der Waals surface area contributed by atoms with Crippen LogP contribution in [-0.2, 0) is 0 Å². The molecular formula is C10H15N3O. The first kappa shape index (κ1) is 9.40. The van der Waals surface area contributed by atoms with Crippen LogP contribution in [-0.4, -0.2) is 40.6 Å². The summed E-state index contributed by atoms with van der Waals surface area (Å²) < 4.78 is 1.85. The number of likely N-dealkylation sites (N-methyl/N-ethyl adjacent to an activating group) is 1. The molecule has 1 unspecified atom stereocenters. The molecule has 1 atom stereocenters. The van der Waals surface area contributed by atoms with Gasteiger partial charge in [0.15, 0.2) is 6.29 Å². The van der Waals surface area contributed by atoms with Crippen molar-refractivity contribution in [1.82, 2.24) is 14.7 Å². The minimum absolute atomic E-state index is 0.380. The van der Waals surface area contributed by atoms with E-state index < -0.39 is 0 Å². The third kappa shape index (κ3) is 1.57. The van der Waals surface area contributed by atoms with Crippen molar-refractivity contribution in [2.75, 3.05) is 19.6 Å². The molecule has 0 N–H and O–H groups in total. The minimum Gasteiger partial charge on any atom is -0.301 e. The van der Waals surface area contributed by atoms with E-state index in [4.69, 9.17) is 0 Å².